The van der Waals surface area contributed by atoms with E-state index in [0.29, 0.717) is 22.7 Å². The molecular weight excluding hydrogens is 426 g/mol. The van der Waals surface area contributed by atoms with Crippen molar-refractivity contribution in [3.05, 3.63) is 88.7 Å². The molecule has 11 nitrogen and oxygen atoms in total. The fourth-order valence-corrected chi connectivity index (χ4v) is 3.09. The van der Waals surface area contributed by atoms with E-state index >= 15 is 0 Å². The van der Waals surface area contributed by atoms with Crippen molar-refractivity contribution in [1.82, 2.24) is 25.2 Å². The number of carbonyl (C=O) groups is 1. The van der Waals surface area contributed by atoms with Crippen molar-refractivity contribution in [3.63, 3.8) is 0 Å². The van der Waals surface area contributed by atoms with Crippen LogP contribution < -0.4 is 15.6 Å². The number of hydrogen-bond acceptors (Lipinski definition) is 8. The van der Waals surface area contributed by atoms with Crippen LogP contribution in [-0.4, -0.2) is 37.7 Å². The molecule has 4 rings (SSSR count). The Morgan fingerprint density at radius 1 is 1.12 bits per heavy atom. The number of nitrogens with zero attached hydrogens (tertiary/aromatic N) is 5. The van der Waals surface area contributed by atoms with Gasteiger partial charge in [0.25, 0.3) is 5.69 Å². The van der Waals surface area contributed by atoms with Gasteiger partial charge in [0.1, 0.15) is 0 Å². The minimum atomic E-state index is -0.465. The Morgan fingerprint density at radius 2 is 1.88 bits per heavy atom. The van der Waals surface area contributed by atoms with Crippen LogP contribution >= 0.6 is 0 Å². The highest BCUT2D eigenvalue weighted by atomic mass is 16.6. The third-order valence-electron chi connectivity index (χ3n) is 4.67. The normalized spacial score (nSPS) is 10.5. The van der Waals surface area contributed by atoms with Crippen molar-refractivity contribution in [2.75, 3.05) is 12.5 Å². The first-order valence-corrected chi connectivity index (χ1v) is 9.84. The topological polar surface area (TPSA) is 137 Å². The molecule has 4 aromatic rings. The number of non-ortho nitro benzene ring substituents is 1. The number of anilines is 1. The summed E-state index contributed by atoms with van der Waals surface area (Å²) in [5, 5.41) is 15.6. The van der Waals surface area contributed by atoms with Gasteiger partial charge in [-0.2, -0.15) is 10.1 Å². The molecule has 0 spiro atoms. The number of nitro benzene ring substituents is 1. The van der Waals surface area contributed by atoms with Crippen molar-refractivity contribution in [3.8, 4) is 22.8 Å². The molecule has 0 unspecified atom stereocenters. The van der Waals surface area contributed by atoms with Gasteiger partial charge in [-0.15, -0.1) is 0 Å². The van der Waals surface area contributed by atoms with E-state index in [2.05, 4.69) is 25.9 Å². The minimum Gasteiger partial charge on any atom is -0.481 e. The van der Waals surface area contributed by atoms with Crippen molar-refractivity contribution in [2.24, 2.45) is 0 Å². The van der Waals surface area contributed by atoms with E-state index in [4.69, 9.17) is 4.74 Å². The third-order valence-corrected chi connectivity index (χ3v) is 4.67. The van der Waals surface area contributed by atoms with Gasteiger partial charge in [0.15, 0.2) is 0 Å². The van der Waals surface area contributed by atoms with Crippen LogP contribution in [0, 0.1) is 10.1 Å². The van der Waals surface area contributed by atoms with Crippen LogP contribution in [0.5, 0.6) is 5.88 Å². The SMILES string of the molecule is COc1ccnc(NNC(=O)Cc2cn(-c3ccccc3)nc2-c2ccc([N+](=O)[O-])cc2)n1. The van der Waals surface area contributed by atoms with Crippen LogP contribution in [0.3, 0.4) is 0 Å². The molecule has 2 heterocycles. The second kappa shape index (κ2) is 9.56. The number of nitro groups is 1. The number of aromatic nitrogens is 4. The fraction of sp³-hybridized carbons (Fsp3) is 0.0909. The molecule has 0 saturated heterocycles. The Balaban J connectivity index is 1.58. The molecule has 1 amide bonds. The van der Waals surface area contributed by atoms with Crippen molar-refractivity contribution in [1.29, 1.82) is 0 Å². The lowest BCUT2D eigenvalue weighted by atomic mass is 10.1. The zero-order valence-electron chi connectivity index (χ0n) is 17.5. The Bertz CT molecular complexity index is 1270. The third kappa shape index (κ3) is 5.10. The smallest absolute Gasteiger partial charge is 0.269 e. The molecule has 0 aliphatic carbocycles. The largest absolute Gasteiger partial charge is 0.481 e. The number of ether oxygens (including phenoxy) is 1. The number of amides is 1. The molecule has 166 valence electrons. The van der Waals surface area contributed by atoms with Gasteiger partial charge in [0.2, 0.25) is 17.7 Å². The molecule has 0 bridgehead atoms. The summed E-state index contributed by atoms with van der Waals surface area (Å²) in [5.74, 6) is 0.182. The van der Waals surface area contributed by atoms with Crippen LogP contribution in [0.2, 0.25) is 0 Å². The lowest BCUT2D eigenvalue weighted by Crippen LogP contribution is -2.31. The summed E-state index contributed by atoms with van der Waals surface area (Å²) in [7, 11) is 1.48. The number of hydrazine groups is 1. The average Bonchev–Trinajstić information content (AvgIpc) is 3.27. The standard InChI is InChI=1S/C22H19N7O4/c1-33-20-11-12-23-22(24-20)26-25-19(30)13-16-14-28(17-5-3-2-4-6-17)27-21(16)15-7-9-18(10-8-15)29(31)32/h2-12,14H,13H2,1H3,(H,25,30)(H,23,24,26). The Morgan fingerprint density at radius 3 is 2.58 bits per heavy atom. The quantitative estimate of drug-likeness (QED) is 0.312. The van der Waals surface area contributed by atoms with E-state index in [-0.39, 0.29) is 24.0 Å². The fourth-order valence-electron chi connectivity index (χ4n) is 3.09. The predicted octanol–water partition coefficient (Wildman–Crippen LogP) is 2.93. The average molecular weight is 445 g/mol. The Labute approximate surface area is 188 Å². The molecule has 0 aliphatic rings. The molecule has 33 heavy (non-hydrogen) atoms. The molecule has 0 fully saturated rings. The van der Waals surface area contributed by atoms with Gasteiger partial charge in [-0.25, -0.2) is 9.67 Å². The maximum Gasteiger partial charge on any atom is 0.269 e. The number of nitrogens with one attached hydrogen (secondary N) is 2. The highest BCUT2D eigenvalue weighted by molar-refractivity contribution is 5.82. The molecule has 0 aliphatic heterocycles. The Kier molecular flexibility index (Phi) is 6.21. The summed E-state index contributed by atoms with van der Waals surface area (Å²) in [6, 6.07) is 17.0. The van der Waals surface area contributed by atoms with Crippen molar-refractivity contribution < 1.29 is 14.5 Å². The second-order valence-electron chi connectivity index (χ2n) is 6.86. The van der Waals surface area contributed by atoms with E-state index in [0.717, 1.165) is 5.69 Å². The lowest BCUT2D eigenvalue weighted by molar-refractivity contribution is -0.384. The van der Waals surface area contributed by atoms with E-state index in [9.17, 15) is 14.9 Å². The number of hydrogen-bond donors (Lipinski definition) is 2. The van der Waals surface area contributed by atoms with Crippen LogP contribution in [0.1, 0.15) is 5.56 Å². The molecule has 0 atom stereocenters. The number of carbonyl (C=O) groups excluding carboxylic acids is 1. The number of para-hydroxylation sites is 1. The van der Waals surface area contributed by atoms with E-state index in [1.165, 1.54) is 25.4 Å². The summed E-state index contributed by atoms with van der Waals surface area (Å²) >= 11 is 0. The van der Waals surface area contributed by atoms with Crippen LogP contribution in [0.4, 0.5) is 11.6 Å². The molecule has 2 N–H and O–H groups in total. The first kappa shape index (κ1) is 21.4. The van der Waals surface area contributed by atoms with Crippen LogP contribution in [-0.2, 0) is 11.2 Å². The summed E-state index contributed by atoms with van der Waals surface area (Å²) < 4.78 is 6.70. The zero-order valence-corrected chi connectivity index (χ0v) is 17.5. The number of benzene rings is 2. The molecule has 0 saturated carbocycles. The Hall–Kier alpha value is -4.80. The monoisotopic (exact) mass is 445 g/mol. The molecule has 2 aromatic carbocycles. The maximum atomic E-state index is 12.6. The molecule has 0 radical (unpaired) electrons. The van der Waals surface area contributed by atoms with Crippen LogP contribution in [0.15, 0.2) is 73.1 Å². The van der Waals surface area contributed by atoms with Gasteiger partial charge < -0.3 is 4.74 Å². The first-order chi connectivity index (χ1) is 16.0. The van der Waals surface area contributed by atoms with E-state index in [1.54, 1.807) is 29.1 Å². The first-order valence-electron chi connectivity index (χ1n) is 9.84. The zero-order chi connectivity index (χ0) is 23.2. The van der Waals surface area contributed by atoms with Gasteiger partial charge in [-0.1, -0.05) is 18.2 Å². The van der Waals surface area contributed by atoms with Crippen molar-refractivity contribution in [2.45, 2.75) is 6.42 Å². The highest BCUT2D eigenvalue weighted by Gasteiger charge is 2.17. The molecule has 11 heteroatoms. The van der Waals surface area contributed by atoms with Gasteiger partial charge in [0.05, 0.1) is 29.8 Å². The van der Waals surface area contributed by atoms with Gasteiger partial charge >= 0.3 is 0 Å². The lowest BCUT2D eigenvalue weighted by Gasteiger charge is -2.08. The van der Waals surface area contributed by atoms with Gasteiger partial charge in [0, 0.05) is 41.7 Å². The predicted molar refractivity (Wildman–Crippen MR) is 120 cm³/mol. The van der Waals surface area contributed by atoms with Crippen LogP contribution in [0.25, 0.3) is 16.9 Å². The summed E-state index contributed by atoms with van der Waals surface area (Å²) in [6.45, 7) is 0. The summed E-state index contributed by atoms with van der Waals surface area (Å²) in [6.07, 6.45) is 3.25. The van der Waals surface area contributed by atoms with Crippen molar-refractivity contribution >= 4 is 17.5 Å². The van der Waals surface area contributed by atoms with E-state index in [1.807, 2.05) is 30.3 Å². The van der Waals surface area contributed by atoms with Gasteiger partial charge in [-0.3, -0.25) is 25.8 Å². The molecule has 2 aromatic heterocycles. The van der Waals surface area contributed by atoms with E-state index < -0.39 is 4.92 Å². The summed E-state index contributed by atoms with van der Waals surface area (Å²) in [4.78, 5) is 31.2. The molecular formula is C22H19N7O4. The van der Waals surface area contributed by atoms with Gasteiger partial charge in [-0.05, 0) is 24.3 Å². The number of rotatable bonds is 8. The highest BCUT2D eigenvalue weighted by Crippen LogP contribution is 2.26. The number of methoxy groups -OCH3 is 1. The maximum absolute atomic E-state index is 12.6. The second-order valence-corrected chi connectivity index (χ2v) is 6.86. The summed E-state index contributed by atoms with van der Waals surface area (Å²) in [5.41, 5.74) is 7.83. The minimum absolute atomic E-state index is 0.00385.